The maximum atomic E-state index is 13.1. The summed E-state index contributed by atoms with van der Waals surface area (Å²) in [5.41, 5.74) is 1.07. The third kappa shape index (κ3) is 3.94. The van der Waals surface area contributed by atoms with Crippen molar-refractivity contribution in [3.05, 3.63) is 64.9 Å². The van der Waals surface area contributed by atoms with Crippen LogP contribution >= 0.6 is 11.3 Å². The van der Waals surface area contributed by atoms with Gasteiger partial charge in [-0.2, -0.15) is 0 Å². The van der Waals surface area contributed by atoms with Gasteiger partial charge in [0.05, 0.1) is 23.3 Å². The summed E-state index contributed by atoms with van der Waals surface area (Å²) < 4.78 is 14.1. The number of amides is 2. The molecule has 0 aliphatic rings. The van der Waals surface area contributed by atoms with Gasteiger partial charge in [0.15, 0.2) is 0 Å². The normalized spacial score (nSPS) is 10.5. The number of rotatable bonds is 5. The standard InChI is InChI=1S/C17H14FN3O2S/c18-12-5-3-4-11(8-12)17(23)20-9-15(22)19-10-16-21-13-6-1-2-7-14(13)24-16/h1-8H,9-10H2,(H,19,22)(H,20,23). The molecule has 0 atom stereocenters. The summed E-state index contributed by atoms with van der Waals surface area (Å²) >= 11 is 1.51. The molecular weight excluding hydrogens is 329 g/mol. The fourth-order valence-corrected chi connectivity index (χ4v) is 3.03. The molecule has 1 heterocycles. The van der Waals surface area contributed by atoms with E-state index >= 15 is 0 Å². The fraction of sp³-hybridized carbons (Fsp3) is 0.118. The van der Waals surface area contributed by atoms with Gasteiger partial charge in [-0.25, -0.2) is 9.37 Å². The summed E-state index contributed by atoms with van der Waals surface area (Å²) in [6.45, 7) is 0.119. The fourth-order valence-electron chi connectivity index (χ4n) is 2.12. The average molecular weight is 343 g/mol. The highest BCUT2D eigenvalue weighted by molar-refractivity contribution is 7.18. The zero-order valence-electron chi connectivity index (χ0n) is 12.6. The summed E-state index contributed by atoms with van der Waals surface area (Å²) in [7, 11) is 0. The lowest BCUT2D eigenvalue weighted by Gasteiger charge is -2.06. The number of halogens is 1. The molecule has 1 aromatic heterocycles. The number of nitrogens with one attached hydrogen (secondary N) is 2. The Hall–Kier alpha value is -2.80. The third-order valence-electron chi connectivity index (χ3n) is 3.27. The van der Waals surface area contributed by atoms with Crippen molar-refractivity contribution in [2.45, 2.75) is 6.54 Å². The Kier molecular flexibility index (Phi) is 4.81. The molecule has 5 nitrogen and oxygen atoms in total. The first-order chi connectivity index (χ1) is 11.6. The summed E-state index contributed by atoms with van der Waals surface area (Å²) in [5.74, 6) is -1.33. The molecule has 0 saturated carbocycles. The maximum Gasteiger partial charge on any atom is 0.251 e. The summed E-state index contributed by atoms with van der Waals surface area (Å²) in [6, 6.07) is 13.0. The van der Waals surface area contributed by atoms with E-state index in [1.165, 1.54) is 29.5 Å². The highest BCUT2D eigenvalue weighted by Gasteiger charge is 2.09. The number of para-hydroxylation sites is 1. The first kappa shape index (κ1) is 16.1. The second-order valence-electron chi connectivity index (χ2n) is 5.05. The Morgan fingerprint density at radius 2 is 1.92 bits per heavy atom. The molecule has 122 valence electrons. The number of fused-ring (bicyclic) bond motifs is 1. The summed E-state index contributed by atoms with van der Waals surface area (Å²) in [4.78, 5) is 28.0. The van der Waals surface area contributed by atoms with Crippen LogP contribution in [-0.2, 0) is 11.3 Å². The Morgan fingerprint density at radius 1 is 1.08 bits per heavy atom. The molecule has 2 amide bonds. The quantitative estimate of drug-likeness (QED) is 0.748. The Balaban J connectivity index is 1.49. The highest BCUT2D eigenvalue weighted by Crippen LogP contribution is 2.21. The van der Waals surface area contributed by atoms with E-state index in [0.717, 1.165) is 21.3 Å². The van der Waals surface area contributed by atoms with E-state index in [0.29, 0.717) is 6.54 Å². The Morgan fingerprint density at radius 3 is 2.71 bits per heavy atom. The molecule has 2 aromatic carbocycles. The van der Waals surface area contributed by atoms with Crippen molar-refractivity contribution < 1.29 is 14.0 Å². The molecule has 0 fully saturated rings. The number of carbonyl (C=O) groups is 2. The van der Waals surface area contributed by atoms with Gasteiger partial charge in [0.2, 0.25) is 5.91 Å². The molecule has 0 radical (unpaired) electrons. The molecule has 3 aromatic rings. The lowest BCUT2D eigenvalue weighted by Crippen LogP contribution is -2.36. The minimum atomic E-state index is -0.497. The van der Waals surface area contributed by atoms with Crippen molar-refractivity contribution in [2.24, 2.45) is 0 Å². The second kappa shape index (κ2) is 7.18. The van der Waals surface area contributed by atoms with Crippen molar-refractivity contribution in [3.63, 3.8) is 0 Å². The number of hydrogen-bond donors (Lipinski definition) is 2. The predicted molar refractivity (Wildman–Crippen MR) is 90.2 cm³/mol. The van der Waals surface area contributed by atoms with Crippen LogP contribution in [0.2, 0.25) is 0 Å². The zero-order chi connectivity index (χ0) is 16.9. The van der Waals surface area contributed by atoms with Gasteiger partial charge < -0.3 is 10.6 Å². The van der Waals surface area contributed by atoms with Crippen LogP contribution in [0.15, 0.2) is 48.5 Å². The molecular formula is C17H14FN3O2S. The molecule has 0 aliphatic carbocycles. The molecule has 0 spiro atoms. The smallest absolute Gasteiger partial charge is 0.251 e. The van der Waals surface area contributed by atoms with Crippen molar-refractivity contribution in [1.29, 1.82) is 0 Å². The number of carbonyl (C=O) groups excluding carboxylic acids is 2. The van der Waals surface area contributed by atoms with Gasteiger partial charge in [0, 0.05) is 5.56 Å². The topological polar surface area (TPSA) is 71.1 Å². The van der Waals surface area contributed by atoms with Crippen LogP contribution in [0.4, 0.5) is 4.39 Å². The van der Waals surface area contributed by atoms with Crippen LogP contribution in [0.25, 0.3) is 10.2 Å². The number of nitrogens with zero attached hydrogens (tertiary/aromatic N) is 1. The van der Waals surface area contributed by atoms with Crippen LogP contribution in [0.1, 0.15) is 15.4 Å². The van der Waals surface area contributed by atoms with Crippen molar-refractivity contribution >= 4 is 33.4 Å². The predicted octanol–water partition coefficient (Wildman–Crippen LogP) is 2.48. The number of benzene rings is 2. The van der Waals surface area contributed by atoms with Crippen LogP contribution in [-0.4, -0.2) is 23.3 Å². The van der Waals surface area contributed by atoms with E-state index in [1.54, 1.807) is 0 Å². The van der Waals surface area contributed by atoms with Gasteiger partial charge in [-0.05, 0) is 30.3 Å². The van der Waals surface area contributed by atoms with Crippen LogP contribution in [0.3, 0.4) is 0 Å². The van der Waals surface area contributed by atoms with E-state index in [2.05, 4.69) is 15.6 Å². The summed E-state index contributed by atoms with van der Waals surface area (Å²) in [5, 5.41) is 5.95. The molecule has 2 N–H and O–H groups in total. The van der Waals surface area contributed by atoms with E-state index < -0.39 is 11.7 Å². The maximum absolute atomic E-state index is 13.1. The zero-order valence-corrected chi connectivity index (χ0v) is 13.4. The second-order valence-corrected chi connectivity index (χ2v) is 6.16. The molecule has 7 heteroatoms. The first-order valence-corrected chi connectivity index (χ1v) is 8.08. The molecule has 0 aliphatic heterocycles. The van der Waals surface area contributed by atoms with Gasteiger partial charge in [0.1, 0.15) is 10.8 Å². The monoisotopic (exact) mass is 343 g/mol. The van der Waals surface area contributed by atoms with Gasteiger partial charge in [0.25, 0.3) is 5.91 Å². The first-order valence-electron chi connectivity index (χ1n) is 7.27. The molecule has 0 unspecified atom stereocenters. The Bertz CT molecular complexity index is 861. The van der Waals surface area contributed by atoms with E-state index in [-0.39, 0.29) is 18.0 Å². The van der Waals surface area contributed by atoms with Crippen LogP contribution in [0, 0.1) is 5.82 Å². The number of thiazole rings is 1. The number of aromatic nitrogens is 1. The van der Waals surface area contributed by atoms with E-state index in [1.807, 2.05) is 24.3 Å². The van der Waals surface area contributed by atoms with Crippen LogP contribution in [0.5, 0.6) is 0 Å². The van der Waals surface area contributed by atoms with Gasteiger partial charge >= 0.3 is 0 Å². The van der Waals surface area contributed by atoms with E-state index in [9.17, 15) is 14.0 Å². The van der Waals surface area contributed by atoms with Crippen molar-refractivity contribution in [2.75, 3.05) is 6.54 Å². The lowest BCUT2D eigenvalue weighted by molar-refractivity contribution is -0.120. The highest BCUT2D eigenvalue weighted by atomic mass is 32.1. The molecule has 3 rings (SSSR count). The number of hydrogen-bond acceptors (Lipinski definition) is 4. The third-order valence-corrected chi connectivity index (χ3v) is 4.31. The van der Waals surface area contributed by atoms with E-state index in [4.69, 9.17) is 0 Å². The molecule has 0 saturated heterocycles. The van der Waals surface area contributed by atoms with Gasteiger partial charge in [-0.15, -0.1) is 11.3 Å². The lowest BCUT2D eigenvalue weighted by atomic mass is 10.2. The van der Waals surface area contributed by atoms with Gasteiger partial charge in [-0.1, -0.05) is 18.2 Å². The largest absolute Gasteiger partial charge is 0.348 e. The minimum Gasteiger partial charge on any atom is -0.348 e. The van der Waals surface area contributed by atoms with Gasteiger partial charge in [-0.3, -0.25) is 9.59 Å². The molecule has 24 heavy (non-hydrogen) atoms. The SMILES string of the molecule is O=C(CNC(=O)c1cccc(F)c1)NCc1nc2ccccc2s1. The van der Waals surface area contributed by atoms with Crippen LogP contribution < -0.4 is 10.6 Å². The minimum absolute atomic E-state index is 0.175. The Labute approximate surface area is 141 Å². The van der Waals surface area contributed by atoms with Crippen molar-refractivity contribution in [1.82, 2.24) is 15.6 Å². The average Bonchev–Trinajstić information content (AvgIpc) is 3.00. The summed E-state index contributed by atoms with van der Waals surface area (Å²) in [6.07, 6.45) is 0. The molecule has 0 bridgehead atoms. The van der Waals surface area contributed by atoms with Crippen molar-refractivity contribution in [3.8, 4) is 0 Å².